The lowest BCUT2D eigenvalue weighted by molar-refractivity contribution is 0.193. The maximum atomic E-state index is 12.6. The van der Waals surface area contributed by atoms with Crippen molar-refractivity contribution in [3.8, 4) is 5.75 Å². The van der Waals surface area contributed by atoms with Gasteiger partial charge in [-0.3, -0.25) is 4.68 Å². The number of rotatable bonds is 6. The van der Waals surface area contributed by atoms with Crippen LogP contribution in [-0.4, -0.2) is 48.8 Å². The van der Waals surface area contributed by atoms with Gasteiger partial charge >= 0.3 is 6.03 Å². The van der Waals surface area contributed by atoms with Crippen LogP contribution in [0.2, 0.25) is 0 Å². The van der Waals surface area contributed by atoms with Gasteiger partial charge in [0.2, 0.25) is 0 Å². The van der Waals surface area contributed by atoms with E-state index in [1.807, 2.05) is 37.4 Å². The van der Waals surface area contributed by atoms with Crippen molar-refractivity contribution in [3.05, 3.63) is 65.8 Å². The summed E-state index contributed by atoms with van der Waals surface area (Å²) in [5.74, 6) is 1.57. The number of carbonyl (C=O) groups excluding carboxylic acids is 1. The van der Waals surface area contributed by atoms with Crippen molar-refractivity contribution in [2.75, 3.05) is 7.11 Å². The highest BCUT2D eigenvalue weighted by molar-refractivity contribution is 5.75. The van der Waals surface area contributed by atoms with Crippen molar-refractivity contribution < 1.29 is 9.53 Å². The molecule has 0 saturated heterocycles. The Morgan fingerprint density at radius 2 is 2.10 bits per heavy atom. The van der Waals surface area contributed by atoms with Crippen LogP contribution >= 0.6 is 0 Å². The second-order valence-corrected chi connectivity index (χ2v) is 7.11. The lowest BCUT2D eigenvalue weighted by Gasteiger charge is -2.20. The molecule has 150 valence electrons. The molecule has 0 fully saturated rings. The van der Waals surface area contributed by atoms with Crippen LogP contribution in [0.3, 0.4) is 0 Å². The van der Waals surface area contributed by atoms with Crippen LogP contribution in [0.4, 0.5) is 4.79 Å². The molecule has 4 rings (SSSR count). The lowest BCUT2D eigenvalue weighted by Crippen LogP contribution is -2.43. The van der Waals surface area contributed by atoms with Crippen molar-refractivity contribution in [2.45, 2.75) is 39.0 Å². The van der Waals surface area contributed by atoms with E-state index in [4.69, 9.17) is 4.74 Å². The fourth-order valence-corrected chi connectivity index (χ4v) is 3.30. The molecular formula is C20H23N7O2. The quantitative estimate of drug-likeness (QED) is 0.686. The van der Waals surface area contributed by atoms with Crippen molar-refractivity contribution in [2.24, 2.45) is 0 Å². The van der Waals surface area contributed by atoms with E-state index in [2.05, 4.69) is 25.4 Å². The maximum Gasteiger partial charge on any atom is 0.318 e. The third-order valence-electron chi connectivity index (χ3n) is 4.81. The Balaban J connectivity index is 1.35. The Morgan fingerprint density at radius 3 is 2.83 bits per heavy atom. The molecule has 0 radical (unpaired) electrons. The first kappa shape index (κ1) is 18.9. The van der Waals surface area contributed by atoms with Gasteiger partial charge in [-0.15, -0.1) is 0 Å². The SMILES string of the molecule is COc1ccc(Cc2ncc3c(n2)CN(C(=O)NC(C)Cn2cncn2)C3)cc1. The Hall–Kier alpha value is -3.49. The summed E-state index contributed by atoms with van der Waals surface area (Å²) in [4.78, 5) is 27.4. The monoisotopic (exact) mass is 393 g/mol. The van der Waals surface area contributed by atoms with Gasteiger partial charge in [-0.2, -0.15) is 5.10 Å². The number of amides is 2. The van der Waals surface area contributed by atoms with Gasteiger partial charge in [-0.25, -0.2) is 19.7 Å². The summed E-state index contributed by atoms with van der Waals surface area (Å²) in [7, 11) is 1.65. The smallest absolute Gasteiger partial charge is 0.318 e. The number of aromatic nitrogens is 5. The van der Waals surface area contributed by atoms with E-state index in [0.29, 0.717) is 26.1 Å². The third-order valence-corrected chi connectivity index (χ3v) is 4.81. The Labute approximate surface area is 168 Å². The van der Waals surface area contributed by atoms with Gasteiger partial charge in [-0.05, 0) is 24.6 Å². The summed E-state index contributed by atoms with van der Waals surface area (Å²) in [5, 5.41) is 7.06. The molecule has 29 heavy (non-hydrogen) atoms. The average molecular weight is 393 g/mol. The topological polar surface area (TPSA) is 98.1 Å². The largest absolute Gasteiger partial charge is 0.497 e. The predicted octanol–water partition coefficient (Wildman–Crippen LogP) is 1.78. The molecule has 9 heteroatoms. The van der Waals surface area contributed by atoms with Crippen LogP contribution in [-0.2, 0) is 26.1 Å². The molecule has 0 saturated carbocycles. The van der Waals surface area contributed by atoms with E-state index < -0.39 is 0 Å². The number of carbonyl (C=O) groups is 1. The molecular weight excluding hydrogens is 370 g/mol. The van der Waals surface area contributed by atoms with Crippen molar-refractivity contribution in [3.63, 3.8) is 0 Å². The molecule has 1 atom stereocenters. The molecule has 1 unspecified atom stereocenters. The van der Waals surface area contributed by atoms with Gasteiger partial charge in [0.05, 0.1) is 32.4 Å². The average Bonchev–Trinajstić information content (AvgIpc) is 3.37. The number of hydrogen-bond acceptors (Lipinski definition) is 6. The number of fused-ring (bicyclic) bond motifs is 1. The molecule has 3 heterocycles. The lowest BCUT2D eigenvalue weighted by atomic mass is 10.1. The number of hydrogen-bond donors (Lipinski definition) is 1. The molecule has 0 bridgehead atoms. The van der Waals surface area contributed by atoms with Crippen LogP contribution in [0, 0.1) is 0 Å². The third kappa shape index (κ3) is 4.50. The Bertz CT molecular complexity index is 973. The number of methoxy groups -OCH3 is 1. The van der Waals surface area contributed by atoms with E-state index in [9.17, 15) is 4.79 Å². The zero-order chi connectivity index (χ0) is 20.2. The summed E-state index contributed by atoms with van der Waals surface area (Å²) in [6.07, 6.45) is 5.58. The highest BCUT2D eigenvalue weighted by atomic mass is 16.5. The number of benzene rings is 1. The molecule has 1 N–H and O–H groups in total. The normalized spacial score (nSPS) is 13.8. The van der Waals surface area contributed by atoms with Crippen LogP contribution in [0.15, 0.2) is 43.1 Å². The van der Waals surface area contributed by atoms with Gasteiger partial charge in [0.1, 0.15) is 24.2 Å². The fourth-order valence-electron chi connectivity index (χ4n) is 3.30. The predicted molar refractivity (Wildman–Crippen MR) is 105 cm³/mol. The van der Waals surface area contributed by atoms with Crippen molar-refractivity contribution >= 4 is 6.03 Å². The molecule has 1 aliphatic rings. The second kappa shape index (κ2) is 8.26. The summed E-state index contributed by atoms with van der Waals surface area (Å²) in [5.41, 5.74) is 3.01. The van der Waals surface area contributed by atoms with E-state index in [-0.39, 0.29) is 12.1 Å². The minimum atomic E-state index is -0.118. The van der Waals surface area contributed by atoms with Crippen LogP contribution in [0.5, 0.6) is 5.75 Å². The Morgan fingerprint density at radius 1 is 1.28 bits per heavy atom. The zero-order valence-electron chi connectivity index (χ0n) is 16.4. The van der Waals surface area contributed by atoms with Gasteiger partial charge in [-0.1, -0.05) is 12.1 Å². The Kier molecular flexibility index (Phi) is 5.37. The van der Waals surface area contributed by atoms with Crippen LogP contribution < -0.4 is 10.1 Å². The summed E-state index contributed by atoms with van der Waals surface area (Å²) in [6.45, 7) is 3.50. The summed E-state index contributed by atoms with van der Waals surface area (Å²) >= 11 is 0. The molecule has 0 spiro atoms. The number of ether oxygens (including phenoxy) is 1. The fraction of sp³-hybridized carbons (Fsp3) is 0.350. The highest BCUT2D eigenvalue weighted by Gasteiger charge is 2.26. The summed E-state index contributed by atoms with van der Waals surface area (Å²) in [6, 6.07) is 7.68. The zero-order valence-corrected chi connectivity index (χ0v) is 16.4. The first-order chi connectivity index (χ1) is 14.1. The number of urea groups is 1. The van der Waals surface area contributed by atoms with Gasteiger partial charge < -0.3 is 15.0 Å². The standard InChI is InChI=1S/C20H23N7O2/c1-14(9-27-13-21-12-23-27)24-20(28)26-10-16-8-22-19(25-18(16)11-26)7-15-3-5-17(29-2)6-4-15/h3-6,8,12-14H,7,9-11H2,1-2H3,(H,24,28). The number of nitrogens with zero attached hydrogens (tertiary/aromatic N) is 6. The van der Waals surface area contributed by atoms with E-state index in [1.54, 1.807) is 23.0 Å². The first-order valence-corrected chi connectivity index (χ1v) is 9.45. The van der Waals surface area contributed by atoms with Gasteiger partial charge in [0, 0.05) is 24.2 Å². The number of nitrogens with one attached hydrogen (secondary N) is 1. The van der Waals surface area contributed by atoms with Crippen molar-refractivity contribution in [1.29, 1.82) is 0 Å². The van der Waals surface area contributed by atoms with E-state index in [1.165, 1.54) is 6.33 Å². The molecule has 0 aliphatic carbocycles. The first-order valence-electron chi connectivity index (χ1n) is 9.45. The molecule has 9 nitrogen and oxygen atoms in total. The molecule has 3 aromatic rings. The molecule has 2 aromatic heterocycles. The van der Waals surface area contributed by atoms with E-state index in [0.717, 1.165) is 28.4 Å². The minimum absolute atomic E-state index is 0.0652. The van der Waals surface area contributed by atoms with Crippen LogP contribution in [0.25, 0.3) is 0 Å². The summed E-state index contributed by atoms with van der Waals surface area (Å²) < 4.78 is 6.88. The van der Waals surface area contributed by atoms with Gasteiger partial charge in [0.15, 0.2) is 0 Å². The minimum Gasteiger partial charge on any atom is -0.497 e. The molecule has 1 aliphatic heterocycles. The van der Waals surface area contributed by atoms with Crippen LogP contribution in [0.1, 0.15) is 29.6 Å². The van der Waals surface area contributed by atoms with Crippen molar-refractivity contribution in [1.82, 2.24) is 34.9 Å². The molecule has 2 amide bonds. The second-order valence-electron chi connectivity index (χ2n) is 7.11. The van der Waals surface area contributed by atoms with E-state index >= 15 is 0 Å². The maximum absolute atomic E-state index is 12.6. The van der Waals surface area contributed by atoms with Gasteiger partial charge in [0.25, 0.3) is 0 Å². The highest BCUT2D eigenvalue weighted by Crippen LogP contribution is 2.21. The molecule has 1 aromatic carbocycles.